The summed E-state index contributed by atoms with van der Waals surface area (Å²) in [5.41, 5.74) is 1.78. The Bertz CT molecular complexity index is 690. The first-order valence-electron chi connectivity index (χ1n) is 7.60. The van der Waals surface area contributed by atoms with Gasteiger partial charge in [-0.15, -0.1) is 0 Å². The minimum absolute atomic E-state index is 0.0830. The number of aliphatic carboxylic acids is 1. The van der Waals surface area contributed by atoms with Gasteiger partial charge in [-0.05, 0) is 23.3 Å². The van der Waals surface area contributed by atoms with Crippen molar-refractivity contribution in [3.63, 3.8) is 0 Å². The number of amides is 1. The van der Waals surface area contributed by atoms with Crippen molar-refractivity contribution in [1.82, 2.24) is 5.32 Å². The predicted molar refractivity (Wildman–Crippen MR) is 95.5 cm³/mol. The second-order valence-corrected chi connectivity index (χ2v) is 6.31. The molecular formula is C18H19NO5S. The van der Waals surface area contributed by atoms with Gasteiger partial charge in [-0.1, -0.05) is 42.5 Å². The third-order valence-corrected chi connectivity index (χ3v) is 4.40. The van der Waals surface area contributed by atoms with E-state index in [0.29, 0.717) is 5.75 Å². The molecule has 0 spiro atoms. The summed E-state index contributed by atoms with van der Waals surface area (Å²) in [4.78, 5) is 23.0. The van der Waals surface area contributed by atoms with Gasteiger partial charge < -0.3 is 20.3 Å². The van der Waals surface area contributed by atoms with Gasteiger partial charge in [0.1, 0.15) is 18.4 Å². The minimum atomic E-state index is -1.12. The first kappa shape index (κ1) is 18.7. The molecule has 0 saturated carbocycles. The summed E-state index contributed by atoms with van der Waals surface area (Å²) >= 11 is 1.37. The molecule has 7 heteroatoms. The number of phenolic OH excluding ortho intramolecular Hbond substituents is 1. The Morgan fingerprint density at radius 1 is 1.04 bits per heavy atom. The van der Waals surface area contributed by atoms with Crippen LogP contribution < -0.4 is 5.32 Å². The molecule has 0 aromatic heterocycles. The molecule has 25 heavy (non-hydrogen) atoms. The molecule has 0 aliphatic heterocycles. The fraction of sp³-hybridized carbons (Fsp3) is 0.222. The van der Waals surface area contributed by atoms with Crippen molar-refractivity contribution >= 4 is 23.8 Å². The number of phenols is 1. The van der Waals surface area contributed by atoms with E-state index in [0.717, 1.165) is 11.1 Å². The number of hydrogen-bond donors (Lipinski definition) is 3. The maximum Gasteiger partial charge on any atom is 0.408 e. The van der Waals surface area contributed by atoms with E-state index in [9.17, 15) is 19.8 Å². The molecule has 0 saturated heterocycles. The summed E-state index contributed by atoms with van der Waals surface area (Å²) < 4.78 is 5.04. The lowest BCUT2D eigenvalue weighted by Crippen LogP contribution is -2.42. The van der Waals surface area contributed by atoms with Crippen molar-refractivity contribution < 1.29 is 24.5 Å². The highest BCUT2D eigenvalue weighted by Crippen LogP contribution is 2.16. The largest absolute Gasteiger partial charge is 0.508 e. The van der Waals surface area contributed by atoms with Crippen LogP contribution in [0.25, 0.3) is 0 Å². The van der Waals surface area contributed by atoms with Gasteiger partial charge in [0.15, 0.2) is 0 Å². The van der Waals surface area contributed by atoms with Crippen LogP contribution in [0.1, 0.15) is 11.1 Å². The smallest absolute Gasteiger partial charge is 0.408 e. The van der Waals surface area contributed by atoms with Crippen molar-refractivity contribution in [3.8, 4) is 5.75 Å². The summed E-state index contributed by atoms with van der Waals surface area (Å²) in [5, 5.41) is 20.8. The first-order chi connectivity index (χ1) is 12.0. The second-order valence-electron chi connectivity index (χ2n) is 5.28. The van der Waals surface area contributed by atoms with Gasteiger partial charge in [0.2, 0.25) is 0 Å². The van der Waals surface area contributed by atoms with Crippen molar-refractivity contribution in [2.45, 2.75) is 18.4 Å². The van der Waals surface area contributed by atoms with Crippen LogP contribution in [0.2, 0.25) is 0 Å². The van der Waals surface area contributed by atoms with Gasteiger partial charge in [0.25, 0.3) is 0 Å². The summed E-state index contributed by atoms with van der Waals surface area (Å²) in [6.45, 7) is 0.0830. The van der Waals surface area contributed by atoms with Crippen molar-refractivity contribution in [1.29, 1.82) is 0 Å². The van der Waals surface area contributed by atoms with E-state index < -0.39 is 18.1 Å². The molecule has 0 aliphatic rings. The first-order valence-corrected chi connectivity index (χ1v) is 8.76. The van der Waals surface area contributed by atoms with Crippen molar-refractivity contribution in [3.05, 3.63) is 65.7 Å². The number of carboxylic acid groups (broad SMARTS) is 1. The number of hydrogen-bond acceptors (Lipinski definition) is 5. The summed E-state index contributed by atoms with van der Waals surface area (Å²) in [5.74, 6) is -0.156. The SMILES string of the molecule is O=C(NC(CSCc1ccc(O)cc1)C(=O)O)OCc1ccccc1. The van der Waals surface area contributed by atoms with Gasteiger partial charge >= 0.3 is 12.1 Å². The molecule has 0 fully saturated rings. The Labute approximate surface area is 149 Å². The average molecular weight is 361 g/mol. The molecule has 6 nitrogen and oxygen atoms in total. The lowest BCUT2D eigenvalue weighted by atomic mass is 10.2. The fourth-order valence-electron chi connectivity index (χ4n) is 1.97. The Hall–Kier alpha value is -2.67. The highest BCUT2D eigenvalue weighted by Gasteiger charge is 2.20. The topological polar surface area (TPSA) is 95.9 Å². The van der Waals surface area contributed by atoms with E-state index in [1.165, 1.54) is 11.8 Å². The number of aromatic hydroxyl groups is 1. The van der Waals surface area contributed by atoms with Gasteiger partial charge in [0, 0.05) is 11.5 Å². The molecule has 1 amide bonds. The molecule has 0 bridgehead atoms. The van der Waals surface area contributed by atoms with E-state index in [4.69, 9.17) is 4.74 Å². The molecular weight excluding hydrogens is 342 g/mol. The average Bonchev–Trinajstić information content (AvgIpc) is 2.61. The number of carbonyl (C=O) groups is 2. The Morgan fingerprint density at radius 3 is 2.36 bits per heavy atom. The third kappa shape index (κ3) is 6.76. The van der Waals surface area contributed by atoms with Crippen LogP contribution in [-0.2, 0) is 21.9 Å². The maximum atomic E-state index is 11.8. The maximum absolute atomic E-state index is 11.8. The Morgan fingerprint density at radius 2 is 1.72 bits per heavy atom. The number of alkyl carbamates (subject to hydrolysis) is 1. The zero-order valence-electron chi connectivity index (χ0n) is 13.4. The van der Waals surface area contributed by atoms with E-state index in [1.54, 1.807) is 24.3 Å². The third-order valence-electron chi connectivity index (χ3n) is 3.29. The van der Waals surface area contributed by atoms with Crippen LogP contribution in [0.15, 0.2) is 54.6 Å². The molecule has 2 rings (SSSR count). The standard InChI is InChI=1S/C18H19NO5S/c20-15-8-6-14(7-9-15)11-25-12-16(17(21)22)19-18(23)24-10-13-4-2-1-3-5-13/h1-9,16,20H,10-12H2,(H,19,23)(H,21,22). The van der Waals surface area contributed by atoms with Crippen LogP contribution in [0, 0.1) is 0 Å². The number of carbonyl (C=O) groups excluding carboxylic acids is 1. The molecule has 0 radical (unpaired) electrons. The van der Waals surface area contributed by atoms with Crippen molar-refractivity contribution in [2.75, 3.05) is 5.75 Å². The van der Waals surface area contributed by atoms with Crippen LogP contribution in [0.3, 0.4) is 0 Å². The van der Waals surface area contributed by atoms with Crippen LogP contribution >= 0.6 is 11.8 Å². The number of carboxylic acids is 1. The van der Waals surface area contributed by atoms with Gasteiger partial charge in [-0.3, -0.25) is 0 Å². The summed E-state index contributed by atoms with van der Waals surface area (Å²) in [6.07, 6.45) is -0.763. The number of benzene rings is 2. The monoisotopic (exact) mass is 361 g/mol. The normalized spacial score (nSPS) is 11.5. The number of ether oxygens (including phenoxy) is 1. The Kier molecular flexibility index (Phi) is 7.16. The molecule has 3 N–H and O–H groups in total. The minimum Gasteiger partial charge on any atom is -0.508 e. The second kappa shape index (κ2) is 9.58. The van der Waals surface area contributed by atoms with Crippen LogP contribution in [0.4, 0.5) is 4.79 Å². The van der Waals surface area contributed by atoms with E-state index >= 15 is 0 Å². The number of thioether (sulfide) groups is 1. The quantitative estimate of drug-likeness (QED) is 0.669. The molecule has 2 aromatic carbocycles. The molecule has 1 atom stereocenters. The summed E-state index contributed by atoms with van der Waals surface area (Å²) in [7, 11) is 0. The van der Waals surface area contributed by atoms with Crippen LogP contribution in [0.5, 0.6) is 5.75 Å². The van der Waals surface area contributed by atoms with Crippen molar-refractivity contribution in [2.24, 2.45) is 0 Å². The number of nitrogens with one attached hydrogen (secondary N) is 1. The fourth-order valence-corrected chi connectivity index (χ4v) is 2.98. The van der Waals surface area contributed by atoms with Gasteiger partial charge in [-0.2, -0.15) is 11.8 Å². The Balaban J connectivity index is 1.76. The molecule has 0 heterocycles. The van der Waals surface area contributed by atoms with Gasteiger partial charge in [-0.25, -0.2) is 9.59 Å². The van der Waals surface area contributed by atoms with E-state index in [-0.39, 0.29) is 18.1 Å². The van der Waals surface area contributed by atoms with E-state index in [2.05, 4.69) is 5.32 Å². The summed E-state index contributed by atoms with van der Waals surface area (Å²) in [6, 6.07) is 14.8. The lowest BCUT2D eigenvalue weighted by Gasteiger charge is -2.14. The lowest BCUT2D eigenvalue weighted by molar-refractivity contribution is -0.138. The number of rotatable bonds is 8. The van der Waals surface area contributed by atoms with E-state index in [1.807, 2.05) is 30.3 Å². The molecule has 0 aliphatic carbocycles. The van der Waals surface area contributed by atoms with Gasteiger partial charge in [0.05, 0.1) is 0 Å². The molecule has 132 valence electrons. The molecule has 1 unspecified atom stereocenters. The highest BCUT2D eigenvalue weighted by atomic mass is 32.2. The zero-order valence-corrected chi connectivity index (χ0v) is 14.2. The zero-order chi connectivity index (χ0) is 18.1. The highest BCUT2D eigenvalue weighted by molar-refractivity contribution is 7.98. The molecule has 2 aromatic rings. The van der Waals surface area contributed by atoms with Crippen LogP contribution in [-0.4, -0.2) is 34.1 Å². The predicted octanol–water partition coefficient (Wildman–Crippen LogP) is 3.01.